The number of fused-ring (bicyclic) bond motifs is 15. The topological polar surface area (TPSA) is 8.17 Å². The molecular weight excluding hydrogens is 833 g/mol. The largest absolute Gasteiger partial charge is 0.310 e. The van der Waals surface area contributed by atoms with Crippen molar-refractivity contribution in [2.75, 3.05) is 4.90 Å². The smallest absolute Gasteiger partial charge is 0.0726 e. The van der Waals surface area contributed by atoms with Gasteiger partial charge in [-0.25, -0.2) is 0 Å². The molecule has 0 bridgehead atoms. The van der Waals surface area contributed by atoms with Crippen LogP contribution in [0.25, 0.3) is 83.1 Å². The molecule has 1 spiro atoms. The van der Waals surface area contributed by atoms with Gasteiger partial charge in [-0.3, -0.25) is 0 Å². The van der Waals surface area contributed by atoms with Gasteiger partial charge in [-0.15, -0.1) is 0 Å². The van der Waals surface area contributed by atoms with E-state index in [4.69, 9.17) is 0 Å². The Morgan fingerprint density at radius 3 is 1.38 bits per heavy atom. The van der Waals surface area contributed by atoms with E-state index in [0.717, 1.165) is 22.7 Å². The van der Waals surface area contributed by atoms with Crippen LogP contribution in [0.3, 0.4) is 0 Å². The van der Waals surface area contributed by atoms with Crippen molar-refractivity contribution in [2.24, 2.45) is 0 Å². The molecule has 2 aliphatic rings. The van der Waals surface area contributed by atoms with E-state index in [1.807, 2.05) is 0 Å². The molecule has 0 N–H and O–H groups in total. The molecule has 14 rings (SSSR count). The van der Waals surface area contributed by atoms with Gasteiger partial charge in [0.15, 0.2) is 0 Å². The summed E-state index contributed by atoms with van der Waals surface area (Å²) < 4.78 is 2.38. The van der Waals surface area contributed by atoms with Crippen molar-refractivity contribution < 1.29 is 0 Å². The predicted octanol–water partition coefficient (Wildman–Crippen LogP) is 17.6. The zero-order chi connectivity index (χ0) is 45.5. The van der Waals surface area contributed by atoms with Crippen LogP contribution in [0.1, 0.15) is 22.3 Å². The van der Waals surface area contributed by atoms with E-state index in [2.05, 4.69) is 276 Å². The summed E-state index contributed by atoms with van der Waals surface area (Å²) in [5.41, 5.74) is 23.8. The molecule has 0 saturated carbocycles. The van der Waals surface area contributed by atoms with Crippen LogP contribution in [0.5, 0.6) is 0 Å². The monoisotopic (exact) mass is 876 g/mol. The highest BCUT2D eigenvalue weighted by molar-refractivity contribution is 6.10. The zero-order valence-corrected chi connectivity index (χ0v) is 37.8. The van der Waals surface area contributed by atoms with Crippen LogP contribution in [0.15, 0.2) is 267 Å². The van der Waals surface area contributed by atoms with Crippen LogP contribution in [0, 0.1) is 0 Å². The first kappa shape index (κ1) is 39.2. The highest BCUT2D eigenvalue weighted by Gasteiger charge is 2.50. The minimum absolute atomic E-state index is 0.580. The Labute approximate surface area is 402 Å². The first-order valence-corrected chi connectivity index (χ1v) is 23.9. The first-order valence-electron chi connectivity index (χ1n) is 23.9. The quantitative estimate of drug-likeness (QED) is 0.162. The van der Waals surface area contributed by atoms with E-state index in [-0.39, 0.29) is 0 Å². The predicted molar refractivity (Wildman–Crippen MR) is 288 cm³/mol. The molecule has 0 unspecified atom stereocenters. The second kappa shape index (κ2) is 15.6. The first-order chi connectivity index (χ1) is 34.3. The van der Waals surface area contributed by atoms with Crippen LogP contribution in [0.2, 0.25) is 0 Å². The van der Waals surface area contributed by atoms with Gasteiger partial charge in [0.2, 0.25) is 0 Å². The number of hydrogen-bond acceptors (Lipinski definition) is 1. The third-order valence-electron chi connectivity index (χ3n) is 14.8. The van der Waals surface area contributed by atoms with Crippen LogP contribution in [0.4, 0.5) is 17.1 Å². The van der Waals surface area contributed by atoms with E-state index >= 15 is 0 Å². The third-order valence-corrected chi connectivity index (χ3v) is 14.8. The number of benzene rings is 11. The molecule has 0 radical (unpaired) electrons. The van der Waals surface area contributed by atoms with Gasteiger partial charge in [-0.2, -0.15) is 0 Å². The van der Waals surface area contributed by atoms with E-state index in [1.54, 1.807) is 0 Å². The molecule has 0 aliphatic heterocycles. The maximum Gasteiger partial charge on any atom is 0.0726 e. The van der Waals surface area contributed by atoms with Gasteiger partial charge in [0.25, 0.3) is 0 Å². The Kier molecular flexibility index (Phi) is 8.84. The maximum atomic E-state index is 2.48. The van der Waals surface area contributed by atoms with Crippen molar-refractivity contribution in [1.82, 2.24) is 4.57 Å². The van der Waals surface area contributed by atoms with Gasteiger partial charge in [0, 0.05) is 33.4 Å². The van der Waals surface area contributed by atoms with Crippen molar-refractivity contribution in [3.63, 3.8) is 0 Å². The average Bonchev–Trinajstić information content (AvgIpc) is 3.89. The van der Waals surface area contributed by atoms with Crippen LogP contribution in [-0.4, -0.2) is 4.57 Å². The lowest BCUT2D eigenvalue weighted by atomic mass is 9.66. The Bertz CT molecular complexity index is 3870. The zero-order valence-electron chi connectivity index (χ0n) is 37.8. The number of para-hydroxylation sites is 2. The lowest BCUT2D eigenvalue weighted by Crippen LogP contribution is -2.29. The second-order valence-electron chi connectivity index (χ2n) is 18.3. The molecule has 1 aromatic heterocycles. The Balaban J connectivity index is 0.973. The normalized spacial score (nSPS) is 12.8. The number of aromatic nitrogens is 1. The summed E-state index contributed by atoms with van der Waals surface area (Å²) >= 11 is 0. The fourth-order valence-corrected chi connectivity index (χ4v) is 11.9. The number of nitrogens with zero attached hydrogens (tertiary/aromatic N) is 2. The summed E-state index contributed by atoms with van der Waals surface area (Å²) in [4.78, 5) is 2.48. The Morgan fingerprint density at radius 2 is 0.739 bits per heavy atom. The number of anilines is 3. The summed E-state index contributed by atoms with van der Waals surface area (Å²) in [5.74, 6) is 0. The summed E-state index contributed by atoms with van der Waals surface area (Å²) in [6, 6.07) is 98.7. The standard InChI is InChI=1S/C67H44N2/c1-3-18-45(19-4-1)46-34-39-50(40-35-46)68(51-41-36-47(37-42-51)48-38-43-64-58(44-48)56-26-12-16-32-63(56)69(64)49-20-5-2-6-21-49)65-33-17-31-62-66(65)57-27-11-15-30-61(57)67(62)59-28-13-9-24-54(59)52-22-7-8-23-53(52)55-25-10-14-29-60(55)67/h1-44H. The van der Waals surface area contributed by atoms with Gasteiger partial charge in [-0.05, 0) is 133 Å². The van der Waals surface area contributed by atoms with Crippen LogP contribution >= 0.6 is 0 Å². The fraction of sp³-hybridized carbons (Fsp3) is 0.0149. The lowest BCUT2D eigenvalue weighted by Gasteiger charge is -2.35. The molecule has 0 saturated heterocycles. The SMILES string of the molecule is c1ccc(-c2ccc(N(c3ccc(-c4ccc5c(c4)c4ccccc4n5-c4ccccc4)cc3)c3cccc4c3-c3ccccc3C43c4ccccc4-c4ccccc4-c4ccccc43)cc2)cc1. The number of rotatable bonds is 6. The van der Waals surface area contributed by atoms with Crippen LogP contribution in [-0.2, 0) is 5.41 Å². The van der Waals surface area contributed by atoms with E-state index in [9.17, 15) is 0 Å². The highest BCUT2D eigenvalue weighted by Crippen LogP contribution is 2.63. The highest BCUT2D eigenvalue weighted by atomic mass is 15.1. The van der Waals surface area contributed by atoms with E-state index < -0.39 is 5.41 Å². The maximum absolute atomic E-state index is 2.48. The molecule has 2 aliphatic carbocycles. The van der Waals surface area contributed by atoms with Crippen molar-refractivity contribution >= 4 is 38.9 Å². The van der Waals surface area contributed by atoms with Crippen molar-refractivity contribution in [3.8, 4) is 61.3 Å². The minimum atomic E-state index is -0.580. The lowest BCUT2D eigenvalue weighted by molar-refractivity contribution is 0.775. The molecular formula is C67H44N2. The molecule has 1 heterocycles. The molecule has 0 amide bonds. The molecule has 12 aromatic rings. The van der Waals surface area contributed by atoms with Crippen molar-refractivity contribution in [1.29, 1.82) is 0 Å². The second-order valence-corrected chi connectivity index (χ2v) is 18.3. The Morgan fingerprint density at radius 1 is 0.290 bits per heavy atom. The molecule has 2 heteroatoms. The molecule has 2 nitrogen and oxygen atoms in total. The van der Waals surface area contributed by atoms with E-state index in [1.165, 1.54) is 99.7 Å². The summed E-state index contributed by atoms with van der Waals surface area (Å²) in [7, 11) is 0. The van der Waals surface area contributed by atoms with Gasteiger partial charge in [0.05, 0.1) is 22.1 Å². The molecule has 11 aromatic carbocycles. The van der Waals surface area contributed by atoms with Gasteiger partial charge >= 0.3 is 0 Å². The van der Waals surface area contributed by atoms with Crippen molar-refractivity contribution in [2.45, 2.75) is 5.41 Å². The molecule has 322 valence electrons. The van der Waals surface area contributed by atoms with E-state index in [0.29, 0.717) is 0 Å². The molecule has 0 fully saturated rings. The third kappa shape index (κ3) is 5.86. The van der Waals surface area contributed by atoms with Gasteiger partial charge in [0.1, 0.15) is 0 Å². The summed E-state index contributed by atoms with van der Waals surface area (Å²) in [6.45, 7) is 0. The number of hydrogen-bond donors (Lipinski definition) is 0. The average molecular weight is 877 g/mol. The van der Waals surface area contributed by atoms with Crippen molar-refractivity contribution in [3.05, 3.63) is 289 Å². The molecule has 0 atom stereocenters. The van der Waals surface area contributed by atoms with Gasteiger partial charge < -0.3 is 9.47 Å². The minimum Gasteiger partial charge on any atom is -0.310 e. The Hall–Kier alpha value is -8.98. The summed E-state index contributed by atoms with van der Waals surface area (Å²) in [5, 5.41) is 2.49. The van der Waals surface area contributed by atoms with Gasteiger partial charge in [-0.1, -0.05) is 206 Å². The van der Waals surface area contributed by atoms with Crippen LogP contribution < -0.4 is 4.90 Å². The fourth-order valence-electron chi connectivity index (χ4n) is 11.9. The molecule has 69 heavy (non-hydrogen) atoms. The summed E-state index contributed by atoms with van der Waals surface area (Å²) in [6.07, 6.45) is 0.